The van der Waals surface area contributed by atoms with Crippen LogP contribution in [0.15, 0.2) is 36.7 Å². The minimum atomic E-state index is 0.599. The topological polar surface area (TPSA) is 38.9 Å². The van der Waals surface area contributed by atoms with Crippen molar-refractivity contribution >= 4 is 10.8 Å². The summed E-state index contributed by atoms with van der Waals surface area (Å²) >= 11 is 0. The van der Waals surface area contributed by atoms with Crippen molar-refractivity contribution in [2.24, 2.45) is 23.5 Å². The predicted molar refractivity (Wildman–Crippen MR) is 89.2 cm³/mol. The lowest BCUT2D eigenvalue weighted by molar-refractivity contribution is 0.198. The first kappa shape index (κ1) is 14.5. The number of pyridine rings is 1. The summed E-state index contributed by atoms with van der Waals surface area (Å²) in [6.45, 7) is 5.52. The molecule has 2 nitrogen and oxygen atoms in total. The standard InChI is InChI=1S/C19H26N2/c1-13(2)14-6-7-15(11-20)19(10-14)18-5-3-4-16-12-21-9-8-17(16)18/h3-5,8-9,12-15,19H,6-7,10-11,20H2,1-2H3. The zero-order valence-corrected chi connectivity index (χ0v) is 13.1. The Morgan fingerprint density at radius 1 is 1.24 bits per heavy atom. The molecule has 112 valence electrons. The van der Waals surface area contributed by atoms with E-state index in [9.17, 15) is 0 Å². The molecule has 1 saturated carbocycles. The molecule has 1 aliphatic carbocycles. The number of fused-ring (bicyclic) bond motifs is 1. The van der Waals surface area contributed by atoms with Crippen LogP contribution in [0.3, 0.4) is 0 Å². The summed E-state index contributed by atoms with van der Waals surface area (Å²) in [4.78, 5) is 4.26. The van der Waals surface area contributed by atoms with E-state index in [1.54, 1.807) is 0 Å². The predicted octanol–water partition coefficient (Wildman–Crippen LogP) is 4.35. The lowest BCUT2D eigenvalue weighted by Crippen LogP contribution is -2.30. The van der Waals surface area contributed by atoms with Crippen LogP contribution in [0.2, 0.25) is 0 Å². The van der Waals surface area contributed by atoms with Gasteiger partial charge in [0.2, 0.25) is 0 Å². The van der Waals surface area contributed by atoms with Gasteiger partial charge in [0.25, 0.3) is 0 Å². The Labute approximate surface area is 127 Å². The molecule has 0 bridgehead atoms. The molecule has 3 rings (SSSR count). The molecule has 2 aromatic rings. The van der Waals surface area contributed by atoms with Crippen molar-refractivity contribution in [1.82, 2.24) is 4.98 Å². The number of rotatable bonds is 3. The third kappa shape index (κ3) is 2.82. The number of benzene rings is 1. The number of nitrogens with zero attached hydrogens (tertiary/aromatic N) is 1. The van der Waals surface area contributed by atoms with Crippen LogP contribution >= 0.6 is 0 Å². The first-order chi connectivity index (χ1) is 10.2. The molecule has 0 saturated heterocycles. The molecule has 1 heterocycles. The van der Waals surface area contributed by atoms with Crippen molar-refractivity contribution in [3.8, 4) is 0 Å². The maximum absolute atomic E-state index is 6.08. The molecule has 1 aromatic carbocycles. The van der Waals surface area contributed by atoms with Crippen LogP contribution in [0.4, 0.5) is 0 Å². The summed E-state index contributed by atoms with van der Waals surface area (Å²) in [6, 6.07) is 8.80. The Morgan fingerprint density at radius 2 is 2.10 bits per heavy atom. The van der Waals surface area contributed by atoms with Gasteiger partial charge >= 0.3 is 0 Å². The maximum Gasteiger partial charge on any atom is 0.0346 e. The van der Waals surface area contributed by atoms with Gasteiger partial charge in [0.1, 0.15) is 0 Å². The highest BCUT2D eigenvalue weighted by atomic mass is 14.6. The number of hydrogen-bond donors (Lipinski definition) is 1. The summed E-state index contributed by atoms with van der Waals surface area (Å²) < 4.78 is 0. The monoisotopic (exact) mass is 282 g/mol. The minimum Gasteiger partial charge on any atom is -0.330 e. The van der Waals surface area contributed by atoms with Crippen LogP contribution in [0.5, 0.6) is 0 Å². The SMILES string of the molecule is CC(C)C1CCC(CN)C(c2cccc3cnccc23)C1. The van der Waals surface area contributed by atoms with Gasteiger partial charge < -0.3 is 5.73 Å². The Bertz CT molecular complexity index is 600. The van der Waals surface area contributed by atoms with E-state index in [-0.39, 0.29) is 0 Å². The summed E-state index contributed by atoms with van der Waals surface area (Å²) in [5, 5.41) is 2.61. The summed E-state index contributed by atoms with van der Waals surface area (Å²) in [6.07, 6.45) is 7.76. The van der Waals surface area contributed by atoms with Crippen molar-refractivity contribution in [3.63, 3.8) is 0 Å². The molecule has 2 N–H and O–H groups in total. The van der Waals surface area contributed by atoms with E-state index >= 15 is 0 Å². The highest BCUT2D eigenvalue weighted by Crippen LogP contribution is 2.44. The van der Waals surface area contributed by atoms with Gasteiger partial charge in [-0.15, -0.1) is 0 Å². The van der Waals surface area contributed by atoms with Gasteiger partial charge in [-0.25, -0.2) is 0 Å². The largest absolute Gasteiger partial charge is 0.330 e. The Balaban J connectivity index is 2.01. The molecule has 1 aromatic heterocycles. The van der Waals surface area contributed by atoms with Gasteiger partial charge in [0, 0.05) is 17.8 Å². The van der Waals surface area contributed by atoms with Crippen LogP contribution in [0.25, 0.3) is 10.8 Å². The molecular formula is C19H26N2. The third-order valence-corrected chi connectivity index (χ3v) is 5.39. The molecule has 0 spiro atoms. The Hall–Kier alpha value is -1.41. The summed E-state index contributed by atoms with van der Waals surface area (Å²) in [5.74, 6) is 2.82. The van der Waals surface area contributed by atoms with Gasteiger partial charge in [-0.2, -0.15) is 0 Å². The Kier molecular flexibility index (Phi) is 4.25. The fraction of sp³-hybridized carbons (Fsp3) is 0.526. The molecule has 0 aliphatic heterocycles. The van der Waals surface area contributed by atoms with E-state index in [2.05, 4.69) is 43.1 Å². The van der Waals surface area contributed by atoms with Crippen LogP contribution in [0.1, 0.15) is 44.6 Å². The summed E-state index contributed by atoms with van der Waals surface area (Å²) in [5.41, 5.74) is 7.57. The van der Waals surface area contributed by atoms with Crippen LogP contribution in [0, 0.1) is 17.8 Å². The fourth-order valence-electron chi connectivity index (χ4n) is 4.01. The van der Waals surface area contributed by atoms with E-state index in [0.717, 1.165) is 18.4 Å². The second-order valence-corrected chi connectivity index (χ2v) is 6.86. The van der Waals surface area contributed by atoms with Crippen LogP contribution in [-0.2, 0) is 0 Å². The van der Waals surface area contributed by atoms with Crippen molar-refractivity contribution in [3.05, 3.63) is 42.2 Å². The molecule has 2 heteroatoms. The van der Waals surface area contributed by atoms with Crippen molar-refractivity contribution in [2.75, 3.05) is 6.54 Å². The van der Waals surface area contributed by atoms with Gasteiger partial charge in [0.05, 0.1) is 0 Å². The molecule has 3 unspecified atom stereocenters. The van der Waals surface area contributed by atoms with E-state index in [0.29, 0.717) is 11.8 Å². The molecule has 3 atom stereocenters. The van der Waals surface area contributed by atoms with E-state index in [1.807, 2.05) is 12.4 Å². The lowest BCUT2D eigenvalue weighted by Gasteiger charge is -2.38. The van der Waals surface area contributed by atoms with Crippen molar-refractivity contribution < 1.29 is 0 Å². The first-order valence-electron chi connectivity index (χ1n) is 8.23. The lowest BCUT2D eigenvalue weighted by atomic mass is 9.67. The number of nitrogens with two attached hydrogens (primary N) is 1. The normalized spacial score (nSPS) is 26.4. The van der Waals surface area contributed by atoms with E-state index in [1.165, 1.54) is 35.6 Å². The average Bonchev–Trinajstić information content (AvgIpc) is 2.53. The third-order valence-electron chi connectivity index (χ3n) is 5.39. The second-order valence-electron chi connectivity index (χ2n) is 6.86. The second kappa shape index (κ2) is 6.15. The molecule has 0 amide bonds. The van der Waals surface area contributed by atoms with E-state index in [4.69, 9.17) is 5.73 Å². The van der Waals surface area contributed by atoms with Gasteiger partial charge in [-0.05, 0) is 66.5 Å². The zero-order valence-electron chi connectivity index (χ0n) is 13.1. The zero-order chi connectivity index (χ0) is 14.8. The van der Waals surface area contributed by atoms with Gasteiger partial charge in [-0.3, -0.25) is 4.98 Å². The van der Waals surface area contributed by atoms with E-state index < -0.39 is 0 Å². The Morgan fingerprint density at radius 3 is 2.86 bits per heavy atom. The first-order valence-corrected chi connectivity index (χ1v) is 8.23. The van der Waals surface area contributed by atoms with Crippen LogP contribution in [-0.4, -0.2) is 11.5 Å². The van der Waals surface area contributed by atoms with Gasteiger partial charge in [0.15, 0.2) is 0 Å². The highest BCUT2D eigenvalue weighted by Gasteiger charge is 2.32. The quantitative estimate of drug-likeness (QED) is 0.909. The maximum atomic E-state index is 6.08. The molecule has 1 fully saturated rings. The number of aromatic nitrogens is 1. The van der Waals surface area contributed by atoms with Crippen molar-refractivity contribution in [1.29, 1.82) is 0 Å². The minimum absolute atomic E-state index is 0.599. The summed E-state index contributed by atoms with van der Waals surface area (Å²) in [7, 11) is 0. The van der Waals surface area contributed by atoms with Crippen molar-refractivity contribution in [2.45, 2.75) is 39.0 Å². The molecule has 21 heavy (non-hydrogen) atoms. The van der Waals surface area contributed by atoms with Crippen LogP contribution < -0.4 is 5.73 Å². The highest BCUT2D eigenvalue weighted by molar-refractivity contribution is 5.85. The molecule has 0 radical (unpaired) electrons. The fourth-order valence-corrected chi connectivity index (χ4v) is 4.01. The van der Waals surface area contributed by atoms with Gasteiger partial charge in [-0.1, -0.05) is 32.0 Å². The smallest absolute Gasteiger partial charge is 0.0346 e. The number of hydrogen-bond acceptors (Lipinski definition) is 2. The average molecular weight is 282 g/mol. The molecule has 1 aliphatic rings. The molecular weight excluding hydrogens is 256 g/mol.